The summed E-state index contributed by atoms with van der Waals surface area (Å²) in [6, 6.07) is 0. The van der Waals surface area contributed by atoms with Crippen LogP contribution >= 0.6 is 0 Å². The van der Waals surface area contributed by atoms with Crippen LogP contribution in [0.1, 0.15) is 60.3 Å². The average molecular weight is 339 g/mol. The Kier molecular flexibility index (Phi) is 6.64. The van der Waals surface area contributed by atoms with Gasteiger partial charge in [0.2, 0.25) is 5.91 Å². The molecular formula is C17H30BNO5. The predicted octanol–water partition coefficient (Wildman–Crippen LogP) is 2.78. The van der Waals surface area contributed by atoms with E-state index in [0.717, 1.165) is 6.42 Å². The Morgan fingerprint density at radius 1 is 1.21 bits per heavy atom. The molecule has 1 rings (SSSR count). The van der Waals surface area contributed by atoms with Gasteiger partial charge in [0.05, 0.1) is 11.2 Å². The Bertz CT molecular complexity index is 475. The van der Waals surface area contributed by atoms with Gasteiger partial charge in [-0.05, 0) is 46.9 Å². The van der Waals surface area contributed by atoms with E-state index in [0.29, 0.717) is 19.2 Å². The lowest BCUT2D eigenvalue weighted by atomic mass is 9.80. The zero-order chi connectivity index (χ0) is 18.6. The molecule has 0 saturated carbocycles. The van der Waals surface area contributed by atoms with Crippen molar-refractivity contribution in [2.45, 2.75) is 83.4 Å². The molecule has 1 aliphatic rings. The molecule has 1 unspecified atom stereocenters. The highest BCUT2D eigenvalue weighted by molar-refractivity contribution is 6.45. The summed E-state index contributed by atoms with van der Waals surface area (Å²) in [6.07, 6.45) is 4.15. The third-order valence-corrected chi connectivity index (χ3v) is 4.91. The number of hydrogen-bond donors (Lipinski definition) is 2. The number of aliphatic carboxylic acids is 1. The minimum Gasteiger partial charge on any atom is -0.479 e. The summed E-state index contributed by atoms with van der Waals surface area (Å²) in [5.74, 6) is -1.39. The van der Waals surface area contributed by atoms with Crippen LogP contribution in [0.4, 0.5) is 0 Å². The minimum absolute atomic E-state index is 0.193. The molecule has 136 valence electrons. The summed E-state index contributed by atoms with van der Waals surface area (Å²) in [7, 11) is -0.283. The summed E-state index contributed by atoms with van der Waals surface area (Å²) < 4.78 is 11.9. The van der Waals surface area contributed by atoms with Crippen LogP contribution in [0.3, 0.4) is 0 Å². The summed E-state index contributed by atoms with van der Waals surface area (Å²) in [6.45, 7) is 12.9. The van der Waals surface area contributed by atoms with Crippen LogP contribution < -0.4 is 5.32 Å². The second-order valence-corrected chi connectivity index (χ2v) is 7.49. The zero-order valence-corrected chi connectivity index (χ0v) is 15.5. The molecule has 24 heavy (non-hydrogen) atoms. The molecule has 1 saturated heterocycles. The first-order chi connectivity index (χ1) is 11.0. The molecule has 1 heterocycles. The Balaban J connectivity index is 2.56. The fraction of sp³-hybridized carbons (Fsp3) is 0.765. The molecule has 6 nitrogen and oxygen atoms in total. The van der Waals surface area contributed by atoms with Crippen molar-refractivity contribution in [2.75, 3.05) is 0 Å². The van der Waals surface area contributed by atoms with Crippen molar-refractivity contribution in [3.63, 3.8) is 0 Å². The molecule has 0 aliphatic carbocycles. The van der Waals surface area contributed by atoms with E-state index < -0.39 is 11.5 Å². The van der Waals surface area contributed by atoms with Gasteiger partial charge >= 0.3 is 13.1 Å². The van der Waals surface area contributed by atoms with Gasteiger partial charge in [-0.3, -0.25) is 4.79 Å². The van der Waals surface area contributed by atoms with E-state index in [9.17, 15) is 14.7 Å². The summed E-state index contributed by atoms with van der Waals surface area (Å²) in [5, 5.41) is 12.1. The molecule has 1 amide bonds. The number of hydrogen-bond acceptors (Lipinski definition) is 4. The number of carbonyl (C=O) groups excluding carboxylic acids is 1. The molecular weight excluding hydrogens is 309 g/mol. The maximum absolute atomic E-state index is 11.7. The fourth-order valence-corrected chi connectivity index (χ4v) is 2.87. The molecule has 0 radical (unpaired) electrons. The van der Waals surface area contributed by atoms with Crippen LogP contribution in [0, 0.1) is 0 Å². The molecule has 0 aromatic heterocycles. The van der Waals surface area contributed by atoms with Crippen molar-refractivity contribution >= 4 is 19.0 Å². The predicted molar refractivity (Wildman–Crippen MR) is 93.7 cm³/mol. The highest BCUT2D eigenvalue weighted by Crippen LogP contribution is 2.38. The number of carboxylic acids is 1. The van der Waals surface area contributed by atoms with E-state index in [-0.39, 0.29) is 30.6 Å². The number of carboxylic acid groups (broad SMARTS) is 1. The van der Waals surface area contributed by atoms with Crippen molar-refractivity contribution in [3.8, 4) is 0 Å². The first-order valence-corrected chi connectivity index (χ1v) is 8.44. The van der Waals surface area contributed by atoms with E-state index in [1.54, 1.807) is 0 Å². The lowest BCUT2D eigenvalue weighted by molar-refractivity contribution is -0.147. The molecule has 0 aromatic rings. The molecule has 0 aromatic carbocycles. The normalized spacial score (nSPS) is 21.1. The second-order valence-electron chi connectivity index (χ2n) is 7.49. The van der Waals surface area contributed by atoms with E-state index in [4.69, 9.17) is 9.31 Å². The van der Waals surface area contributed by atoms with Crippen LogP contribution in [0.5, 0.6) is 0 Å². The zero-order valence-electron chi connectivity index (χ0n) is 15.5. The third-order valence-electron chi connectivity index (χ3n) is 4.91. The van der Waals surface area contributed by atoms with E-state index in [1.807, 2.05) is 27.7 Å². The summed E-state index contributed by atoms with van der Waals surface area (Å²) in [4.78, 5) is 23.0. The van der Waals surface area contributed by atoms with Crippen molar-refractivity contribution in [2.24, 2.45) is 0 Å². The van der Waals surface area contributed by atoms with Gasteiger partial charge in [-0.2, -0.15) is 0 Å². The van der Waals surface area contributed by atoms with E-state index in [2.05, 4.69) is 11.9 Å². The van der Waals surface area contributed by atoms with Crippen molar-refractivity contribution in [1.82, 2.24) is 5.32 Å². The highest BCUT2D eigenvalue weighted by Gasteiger charge is 2.50. The van der Waals surface area contributed by atoms with Gasteiger partial charge in [-0.25, -0.2) is 4.79 Å². The summed E-state index contributed by atoms with van der Waals surface area (Å²) >= 11 is 0. The molecule has 1 atom stereocenters. The van der Waals surface area contributed by atoms with Crippen LogP contribution in [-0.4, -0.2) is 40.8 Å². The number of rotatable bonds is 9. The monoisotopic (exact) mass is 339 g/mol. The van der Waals surface area contributed by atoms with Gasteiger partial charge in [-0.15, -0.1) is 6.58 Å². The van der Waals surface area contributed by atoms with Gasteiger partial charge in [0.25, 0.3) is 0 Å². The smallest absolute Gasteiger partial charge is 0.457 e. The van der Waals surface area contributed by atoms with Gasteiger partial charge in [0.15, 0.2) is 0 Å². The fourth-order valence-electron chi connectivity index (χ4n) is 2.87. The van der Waals surface area contributed by atoms with Crippen LogP contribution in [0.25, 0.3) is 0 Å². The second kappa shape index (κ2) is 7.70. The lowest BCUT2D eigenvalue weighted by Crippen LogP contribution is -2.53. The third kappa shape index (κ3) is 4.83. The molecule has 7 heteroatoms. The van der Waals surface area contributed by atoms with Gasteiger partial charge in [0.1, 0.15) is 5.54 Å². The van der Waals surface area contributed by atoms with E-state index >= 15 is 0 Å². The Hall–Kier alpha value is -1.34. The lowest BCUT2D eigenvalue weighted by Gasteiger charge is -2.32. The van der Waals surface area contributed by atoms with Gasteiger partial charge in [-0.1, -0.05) is 18.9 Å². The van der Waals surface area contributed by atoms with Crippen molar-refractivity contribution < 1.29 is 24.0 Å². The van der Waals surface area contributed by atoms with Gasteiger partial charge < -0.3 is 19.7 Å². The van der Waals surface area contributed by atoms with E-state index in [1.165, 1.54) is 13.0 Å². The van der Waals surface area contributed by atoms with Gasteiger partial charge in [0, 0.05) is 6.92 Å². The SMILES string of the molecule is C=CCC(CCCCB1OC(C)(C)C(C)(C)O1)(NC(C)=O)C(=O)O. The number of nitrogens with one attached hydrogen (secondary N) is 1. The first kappa shape index (κ1) is 20.7. The number of unbranched alkanes of at least 4 members (excludes halogenated alkanes) is 1. The average Bonchev–Trinajstić information content (AvgIpc) is 2.62. The highest BCUT2D eigenvalue weighted by atomic mass is 16.7. The van der Waals surface area contributed by atoms with Crippen LogP contribution in [0.15, 0.2) is 12.7 Å². The van der Waals surface area contributed by atoms with Crippen LogP contribution in [0.2, 0.25) is 6.32 Å². The molecule has 0 bridgehead atoms. The maximum Gasteiger partial charge on any atom is 0.457 e. The Labute approximate surface area is 145 Å². The first-order valence-electron chi connectivity index (χ1n) is 8.44. The molecule has 1 fully saturated rings. The summed E-state index contributed by atoms with van der Waals surface area (Å²) in [5.41, 5.74) is -2.01. The Morgan fingerprint density at radius 3 is 2.17 bits per heavy atom. The standard InChI is InChI=1S/C17H30BNO5/c1-7-10-17(14(21)22,19-13(2)20)11-8-9-12-18-23-15(3,4)16(5,6)24-18/h7H,1,8-12H2,2-6H3,(H,19,20)(H,21,22). The maximum atomic E-state index is 11.7. The topological polar surface area (TPSA) is 84.9 Å². The Morgan fingerprint density at radius 2 is 1.75 bits per heavy atom. The molecule has 2 N–H and O–H groups in total. The quantitative estimate of drug-likeness (QED) is 0.383. The number of carbonyl (C=O) groups is 2. The largest absolute Gasteiger partial charge is 0.479 e. The molecule has 0 spiro atoms. The molecule has 1 aliphatic heterocycles. The van der Waals surface area contributed by atoms with Crippen molar-refractivity contribution in [3.05, 3.63) is 12.7 Å². The van der Waals surface area contributed by atoms with Crippen LogP contribution in [-0.2, 0) is 18.9 Å². The minimum atomic E-state index is -1.29. The number of amides is 1. The van der Waals surface area contributed by atoms with Crippen molar-refractivity contribution in [1.29, 1.82) is 0 Å².